The predicted octanol–water partition coefficient (Wildman–Crippen LogP) is 0.0689. The number of carbonyl (C=O) groups is 1. The highest BCUT2D eigenvalue weighted by molar-refractivity contribution is 5.77. The zero-order chi connectivity index (χ0) is 13.1. The van der Waals surface area contributed by atoms with Crippen molar-refractivity contribution in [3.05, 3.63) is 0 Å². The van der Waals surface area contributed by atoms with Crippen molar-refractivity contribution in [3.63, 3.8) is 0 Å². The van der Waals surface area contributed by atoms with E-state index in [2.05, 4.69) is 36.3 Å². The summed E-state index contributed by atoms with van der Waals surface area (Å²) in [5, 5.41) is 5.99. The Morgan fingerprint density at radius 1 is 1.35 bits per heavy atom. The van der Waals surface area contributed by atoms with Gasteiger partial charge in [-0.25, -0.2) is 0 Å². The minimum absolute atomic E-state index is 0.0217. The first kappa shape index (κ1) is 16.4. The quantitative estimate of drug-likeness (QED) is 0.535. The van der Waals surface area contributed by atoms with Gasteiger partial charge in [-0.2, -0.15) is 0 Å². The second-order valence-electron chi connectivity index (χ2n) is 4.11. The number of carbonyl (C=O) groups excluding carboxylic acids is 1. The molecule has 0 aromatic rings. The van der Waals surface area contributed by atoms with Gasteiger partial charge in [0.15, 0.2) is 0 Å². The fourth-order valence-corrected chi connectivity index (χ4v) is 1.56. The van der Waals surface area contributed by atoms with Crippen LogP contribution in [0.25, 0.3) is 0 Å². The molecule has 5 nitrogen and oxygen atoms in total. The number of methoxy groups -OCH3 is 1. The standard InChI is InChI=1S/C12H27N3O2/c1-5-15(6-2)10-11(3)14-9-12(16)13-7-8-17-4/h11,14H,5-10H2,1-4H3,(H,13,16). The topological polar surface area (TPSA) is 53.6 Å². The molecule has 0 fully saturated rings. The van der Waals surface area contributed by atoms with E-state index < -0.39 is 0 Å². The van der Waals surface area contributed by atoms with Gasteiger partial charge in [0.1, 0.15) is 0 Å². The van der Waals surface area contributed by atoms with Crippen molar-refractivity contribution in [2.24, 2.45) is 0 Å². The summed E-state index contributed by atoms with van der Waals surface area (Å²) in [7, 11) is 1.62. The van der Waals surface area contributed by atoms with Crippen LogP contribution in [0.3, 0.4) is 0 Å². The van der Waals surface area contributed by atoms with Gasteiger partial charge in [-0.05, 0) is 20.0 Å². The smallest absolute Gasteiger partial charge is 0.234 e. The summed E-state index contributed by atoms with van der Waals surface area (Å²) in [6.45, 7) is 10.9. The van der Waals surface area contributed by atoms with Crippen LogP contribution in [0.2, 0.25) is 0 Å². The number of hydrogen-bond donors (Lipinski definition) is 2. The number of likely N-dealkylation sites (N-methyl/N-ethyl adjacent to an activating group) is 1. The van der Waals surface area contributed by atoms with Gasteiger partial charge in [0.2, 0.25) is 5.91 Å². The number of ether oxygens (including phenoxy) is 1. The Labute approximate surface area is 105 Å². The van der Waals surface area contributed by atoms with E-state index in [4.69, 9.17) is 4.74 Å². The Morgan fingerprint density at radius 3 is 2.53 bits per heavy atom. The molecular formula is C12H27N3O2. The monoisotopic (exact) mass is 245 g/mol. The molecular weight excluding hydrogens is 218 g/mol. The zero-order valence-electron chi connectivity index (χ0n) is 11.6. The van der Waals surface area contributed by atoms with Gasteiger partial charge in [0.25, 0.3) is 0 Å². The van der Waals surface area contributed by atoms with Crippen LogP contribution >= 0.6 is 0 Å². The number of hydrogen-bond acceptors (Lipinski definition) is 4. The van der Waals surface area contributed by atoms with Crippen molar-refractivity contribution < 1.29 is 9.53 Å². The molecule has 0 radical (unpaired) electrons. The first-order valence-electron chi connectivity index (χ1n) is 6.35. The normalized spacial score (nSPS) is 12.8. The zero-order valence-corrected chi connectivity index (χ0v) is 11.6. The Morgan fingerprint density at radius 2 is 2.00 bits per heavy atom. The maximum Gasteiger partial charge on any atom is 0.234 e. The van der Waals surface area contributed by atoms with Crippen LogP contribution in [0.1, 0.15) is 20.8 Å². The summed E-state index contributed by atoms with van der Waals surface area (Å²) in [6.07, 6.45) is 0. The van der Waals surface area contributed by atoms with Gasteiger partial charge in [0, 0.05) is 26.2 Å². The largest absolute Gasteiger partial charge is 0.383 e. The fraction of sp³-hybridized carbons (Fsp3) is 0.917. The van der Waals surface area contributed by atoms with Gasteiger partial charge < -0.3 is 20.3 Å². The van der Waals surface area contributed by atoms with Crippen molar-refractivity contribution >= 4 is 5.91 Å². The molecule has 0 saturated heterocycles. The summed E-state index contributed by atoms with van der Waals surface area (Å²) in [5.41, 5.74) is 0. The highest BCUT2D eigenvalue weighted by Crippen LogP contribution is 1.90. The van der Waals surface area contributed by atoms with Crippen LogP contribution in [0.4, 0.5) is 0 Å². The van der Waals surface area contributed by atoms with E-state index in [1.54, 1.807) is 7.11 Å². The molecule has 0 bridgehead atoms. The van der Waals surface area contributed by atoms with Gasteiger partial charge in [-0.3, -0.25) is 4.79 Å². The Kier molecular flexibility index (Phi) is 10.1. The molecule has 1 atom stereocenters. The average Bonchev–Trinajstić information content (AvgIpc) is 2.33. The molecule has 0 aliphatic heterocycles. The van der Waals surface area contributed by atoms with Crippen molar-refractivity contribution in [1.29, 1.82) is 0 Å². The fourth-order valence-electron chi connectivity index (χ4n) is 1.56. The minimum atomic E-state index is 0.0217. The highest BCUT2D eigenvalue weighted by Gasteiger charge is 2.08. The summed E-state index contributed by atoms with van der Waals surface area (Å²) in [5.74, 6) is 0.0217. The van der Waals surface area contributed by atoms with Crippen molar-refractivity contribution in [2.75, 3.05) is 46.4 Å². The Balaban J connectivity index is 3.61. The van der Waals surface area contributed by atoms with Gasteiger partial charge >= 0.3 is 0 Å². The van der Waals surface area contributed by atoms with Gasteiger partial charge in [-0.1, -0.05) is 13.8 Å². The summed E-state index contributed by atoms with van der Waals surface area (Å²) < 4.78 is 4.86. The van der Waals surface area contributed by atoms with E-state index in [9.17, 15) is 4.79 Å². The maximum absolute atomic E-state index is 11.4. The lowest BCUT2D eigenvalue weighted by Gasteiger charge is -2.23. The summed E-state index contributed by atoms with van der Waals surface area (Å²) in [6, 6.07) is 0.322. The van der Waals surface area contributed by atoms with Gasteiger partial charge in [-0.15, -0.1) is 0 Å². The predicted molar refractivity (Wildman–Crippen MR) is 70.1 cm³/mol. The number of amides is 1. The first-order chi connectivity index (χ1) is 8.13. The summed E-state index contributed by atoms with van der Waals surface area (Å²) >= 11 is 0. The molecule has 0 aliphatic rings. The molecule has 2 N–H and O–H groups in total. The molecule has 0 aromatic carbocycles. The molecule has 0 rings (SSSR count). The Bertz CT molecular complexity index is 196. The lowest BCUT2D eigenvalue weighted by Crippen LogP contribution is -2.44. The van der Waals surface area contributed by atoms with Crippen LogP contribution in [0, 0.1) is 0 Å². The number of rotatable bonds is 10. The lowest BCUT2D eigenvalue weighted by atomic mass is 10.3. The highest BCUT2D eigenvalue weighted by atomic mass is 16.5. The number of nitrogens with one attached hydrogen (secondary N) is 2. The van der Waals surface area contributed by atoms with Crippen molar-refractivity contribution in [1.82, 2.24) is 15.5 Å². The second-order valence-corrected chi connectivity index (χ2v) is 4.11. The van der Waals surface area contributed by atoms with Crippen LogP contribution in [0.5, 0.6) is 0 Å². The molecule has 102 valence electrons. The molecule has 17 heavy (non-hydrogen) atoms. The van der Waals surface area contributed by atoms with E-state index >= 15 is 0 Å². The van der Waals surface area contributed by atoms with Crippen LogP contribution in [0.15, 0.2) is 0 Å². The molecule has 0 aromatic heterocycles. The maximum atomic E-state index is 11.4. The molecule has 0 heterocycles. The lowest BCUT2D eigenvalue weighted by molar-refractivity contribution is -0.120. The second kappa shape index (κ2) is 10.5. The van der Waals surface area contributed by atoms with E-state index in [0.29, 0.717) is 25.7 Å². The van der Waals surface area contributed by atoms with E-state index in [1.165, 1.54) is 0 Å². The van der Waals surface area contributed by atoms with Gasteiger partial charge in [0.05, 0.1) is 13.2 Å². The molecule has 1 unspecified atom stereocenters. The average molecular weight is 245 g/mol. The molecule has 0 spiro atoms. The SMILES string of the molecule is CCN(CC)CC(C)NCC(=O)NCCOC. The van der Waals surface area contributed by atoms with Crippen molar-refractivity contribution in [2.45, 2.75) is 26.8 Å². The van der Waals surface area contributed by atoms with E-state index in [0.717, 1.165) is 19.6 Å². The van der Waals surface area contributed by atoms with Crippen LogP contribution in [-0.2, 0) is 9.53 Å². The summed E-state index contributed by atoms with van der Waals surface area (Å²) in [4.78, 5) is 13.7. The third kappa shape index (κ3) is 9.09. The molecule has 5 heteroatoms. The van der Waals surface area contributed by atoms with Crippen molar-refractivity contribution in [3.8, 4) is 0 Å². The first-order valence-corrected chi connectivity index (χ1v) is 6.35. The van der Waals surface area contributed by atoms with Crippen LogP contribution in [-0.4, -0.2) is 63.3 Å². The number of nitrogens with zero attached hydrogens (tertiary/aromatic N) is 1. The molecule has 0 aliphatic carbocycles. The van der Waals surface area contributed by atoms with E-state index in [1.807, 2.05) is 0 Å². The molecule has 1 amide bonds. The minimum Gasteiger partial charge on any atom is -0.383 e. The Hall–Kier alpha value is -0.650. The molecule has 0 saturated carbocycles. The third-order valence-electron chi connectivity index (χ3n) is 2.67. The third-order valence-corrected chi connectivity index (χ3v) is 2.67. The van der Waals surface area contributed by atoms with Crippen LogP contribution < -0.4 is 10.6 Å². The van der Waals surface area contributed by atoms with E-state index in [-0.39, 0.29) is 5.91 Å².